The zero-order valence-corrected chi connectivity index (χ0v) is 17.8. The number of hydrogen-bond acceptors (Lipinski definition) is 1. The highest BCUT2D eigenvalue weighted by atomic mass is 16.2. The number of carbonyl (C=O) groups excluding carboxylic acids is 1. The van der Waals surface area contributed by atoms with Crippen LogP contribution in [0.3, 0.4) is 0 Å². The Balaban J connectivity index is 1.68. The summed E-state index contributed by atoms with van der Waals surface area (Å²) in [7, 11) is 0. The first-order valence-electron chi connectivity index (χ1n) is 11.3. The SMILES string of the molecule is CC(C)c1ccc2c(c1)CCC1[C@](C)(C(=O)N3CCCCC3)CCC[C@]21C. The Morgan fingerprint density at radius 3 is 2.52 bits per heavy atom. The lowest BCUT2D eigenvalue weighted by molar-refractivity contribution is -0.151. The number of benzene rings is 1. The Hall–Kier alpha value is -1.31. The lowest BCUT2D eigenvalue weighted by Crippen LogP contribution is -2.56. The summed E-state index contributed by atoms with van der Waals surface area (Å²) in [4.78, 5) is 15.9. The number of amides is 1. The molecular weight excluding hydrogens is 330 g/mol. The smallest absolute Gasteiger partial charge is 0.228 e. The average molecular weight is 368 g/mol. The normalized spacial score (nSPS) is 33.5. The monoisotopic (exact) mass is 367 g/mol. The number of likely N-dealkylation sites (tertiary alicyclic amines) is 1. The molecule has 1 saturated carbocycles. The van der Waals surface area contributed by atoms with E-state index >= 15 is 0 Å². The number of rotatable bonds is 2. The molecule has 27 heavy (non-hydrogen) atoms. The van der Waals surface area contributed by atoms with Crippen LogP contribution in [0.15, 0.2) is 18.2 Å². The van der Waals surface area contributed by atoms with E-state index < -0.39 is 0 Å². The molecule has 148 valence electrons. The molecule has 0 radical (unpaired) electrons. The first-order valence-corrected chi connectivity index (χ1v) is 11.3. The van der Waals surface area contributed by atoms with Crippen molar-refractivity contribution in [2.75, 3.05) is 13.1 Å². The number of nitrogens with zero attached hydrogens (tertiary/aromatic N) is 1. The molecule has 1 amide bonds. The van der Waals surface area contributed by atoms with Crippen LogP contribution in [0.5, 0.6) is 0 Å². The van der Waals surface area contributed by atoms with E-state index in [1.165, 1.54) is 44.1 Å². The van der Waals surface area contributed by atoms with Gasteiger partial charge in [-0.1, -0.05) is 52.3 Å². The maximum absolute atomic E-state index is 13.7. The van der Waals surface area contributed by atoms with E-state index in [1.54, 1.807) is 11.1 Å². The molecule has 1 aromatic carbocycles. The van der Waals surface area contributed by atoms with Gasteiger partial charge in [-0.25, -0.2) is 0 Å². The van der Waals surface area contributed by atoms with Gasteiger partial charge in [0.1, 0.15) is 0 Å². The van der Waals surface area contributed by atoms with Gasteiger partial charge in [0.2, 0.25) is 5.91 Å². The highest BCUT2D eigenvalue weighted by Gasteiger charge is 2.55. The van der Waals surface area contributed by atoms with E-state index in [1.807, 2.05) is 0 Å². The van der Waals surface area contributed by atoms with Crippen molar-refractivity contribution in [1.29, 1.82) is 0 Å². The minimum absolute atomic E-state index is 0.154. The number of aryl methyl sites for hydroxylation is 1. The molecule has 1 heterocycles. The first-order chi connectivity index (χ1) is 12.9. The largest absolute Gasteiger partial charge is 0.342 e. The zero-order chi connectivity index (χ0) is 19.2. The van der Waals surface area contributed by atoms with Crippen LogP contribution in [0.2, 0.25) is 0 Å². The molecule has 2 nitrogen and oxygen atoms in total. The molecule has 1 saturated heterocycles. The molecule has 0 N–H and O–H groups in total. The predicted molar refractivity (Wildman–Crippen MR) is 112 cm³/mol. The van der Waals surface area contributed by atoms with Crippen LogP contribution in [0.1, 0.15) is 95.2 Å². The predicted octanol–water partition coefficient (Wildman–Crippen LogP) is 5.83. The Morgan fingerprint density at radius 1 is 1.07 bits per heavy atom. The molecule has 1 aliphatic heterocycles. The topological polar surface area (TPSA) is 20.3 Å². The van der Waals surface area contributed by atoms with E-state index in [0.717, 1.165) is 25.9 Å². The quantitative estimate of drug-likeness (QED) is 0.644. The molecule has 2 aliphatic carbocycles. The van der Waals surface area contributed by atoms with Crippen LogP contribution in [0.25, 0.3) is 0 Å². The molecule has 0 spiro atoms. The van der Waals surface area contributed by atoms with Gasteiger partial charge in [0.05, 0.1) is 5.41 Å². The second-order valence-corrected chi connectivity index (χ2v) is 10.2. The van der Waals surface area contributed by atoms with Crippen molar-refractivity contribution in [2.45, 2.75) is 90.4 Å². The molecule has 1 unspecified atom stereocenters. The van der Waals surface area contributed by atoms with Crippen molar-refractivity contribution in [1.82, 2.24) is 4.90 Å². The van der Waals surface area contributed by atoms with Crippen LogP contribution in [0, 0.1) is 11.3 Å². The fourth-order valence-corrected chi connectivity index (χ4v) is 6.58. The van der Waals surface area contributed by atoms with Crippen molar-refractivity contribution in [2.24, 2.45) is 11.3 Å². The molecule has 2 fully saturated rings. The second kappa shape index (κ2) is 6.94. The van der Waals surface area contributed by atoms with Gasteiger partial charge >= 0.3 is 0 Å². The minimum atomic E-state index is -0.182. The lowest BCUT2D eigenvalue weighted by atomic mass is 9.49. The summed E-state index contributed by atoms with van der Waals surface area (Å²) in [5, 5.41) is 0. The Labute approximate surface area is 165 Å². The van der Waals surface area contributed by atoms with Gasteiger partial charge in [-0.2, -0.15) is 0 Å². The summed E-state index contributed by atoms with van der Waals surface area (Å²) in [6.07, 6.45) is 9.44. The van der Waals surface area contributed by atoms with Gasteiger partial charge in [-0.3, -0.25) is 4.79 Å². The molecule has 0 aromatic heterocycles. The maximum atomic E-state index is 13.7. The van der Waals surface area contributed by atoms with E-state index in [4.69, 9.17) is 0 Å². The van der Waals surface area contributed by atoms with Crippen molar-refractivity contribution < 1.29 is 4.79 Å². The molecular formula is C25H37NO. The van der Waals surface area contributed by atoms with E-state index in [2.05, 4.69) is 50.8 Å². The number of fused-ring (bicyclic) bond motifs is 3. The summed E-state index contributed by atoms with van der Waals surface area (Å²) in [6, 6.07) is 7.21. The van der Waals surface area contributed by atoms with Gasteiger partial charge in [-0.15, -0.1) is 0 Å². The third-order valence-electron chi connectivity index (χ3n) is 8.18. The number of hydrogen-bond donors (Lipinski definition) is 0. The molecule has 3 atom stereocenters. The van der Waals surface area contributed by atoms with Crippen LogP contribution in [-0.2, 0) is 16.6 Å². The average Bonchev–Trinajstić information content (AvgIpc) is 2.67. The van der Waals surface area contributed by atoms with Crippen LogP contribution in [-0.4, -0.2) is 23.9 Å². The maximum Gasteiger partial charge on any atom is 0.228 e. The van der Waals surface area contributed by atoms with Crippen molar-refractivity contribution in [3.63, 3.8) is 0 Å². The number of carbonyl (C=O) groups is 1. The second-order valence-electron chi connectivity index (χ2n) is 10.2. The van der Waals surface area contributed by atoms with Gasteiger partial charge in [0, 0.05) is 13.1 Å². The third-order valence-corrected chi connectivity index (χ3v) is 8.18. The van der Waals surface area contributed by atoms with E-state index in [-0.39, 0.29) is 10.8 Å². The fourth-order valence-electron chi connectivity index (χ4n) is 6.58. The molecule has 0 bridgehead atoms. The summed E-state index contributed by atoms with van der Waals surface area (Å²) < 4.78 is 0. The first kappa shape index (κ1) is 19.0. The van der Waals surface area contributed by atoms with Gasteiger partial charge in [0.15, 0.2) is 0 Å². The fraction of sp³-hybridized carbons (Fsp3) is 0.720. The third kappa shape index (κ3) is 3.04. The molecule has 2 heteroatoms. The summed E-state index contributed by atoms with van der Waals surface area (Å²) in [5.41, 5.74) is 4.52. The Morgan fingerprint density at radius 2 is 1.81 bits per heavy atom. The van der Waals surface area contributed by atoms with Crippen molar-refractivity contribution in [3.05, 3.63) is 34.9 Å². The molecule has 3 aliphatic rings. The molecule has 1 aromatic rings. The number of piperidine rings is 1. The van der Waals surface area contributed by atoms with Crippen LogP contribution < -0.4 is 0 Å². The van der Waals surface area contributed by atoms with Crippen LogP contribution in [0.4, 0.5) is 0 Å². The highest BCUT2D eigenvalue weighted by molar-refractivity contribution is 5.83. The standard InChI is InChI=1S/C25H37NO/c1-18(2)19-9-11-21-20(17-19)10-12-22-24(21,3)13-8-14-25(22,4)23(27)26-15-6-5-7-16-26/h9,11,17-18,22H,5-8,10,12-16H2,1-4H3/t22?,24-,25-/m1/s1. The lowest BCUT2D eigenvalue weighted by Gasteiger charge is -2.55. The van der Waals surface area contributed by atoms with Crippen molar-refractivity contribution in [3.8, 4) is 0 Å². The minimum Gasteiger partial charge on any atom is -0.342 e. The highest BCUT2D eigenvalue weighted by Crippen LogP contribution is 2.58. The summed E-state index contributed by atoms with van der Waals surface area (Å²) in [6.45, 7) is 11.3. The van der Waals surface area contributed by atoms with E-state index in [9.17, 15) is 4.79 Å². The van der Waals surface area contributed by atoms with Crippen LogP contribution >= 0.6 is 0 Å². The Bertz CT molecular complexity index is 717. The van der Waals surface area contributed by atoms with Crippen molar-refractivity contribution >= 4 is 5.91 Å². The Kier molecular flexibility index (Phi) is 4.89. The van der Waals surface area contributed by atoms with Gasteiger partial charge < -0.3 is 4.90 Å². The molecule has 4 rings (SSSR count). The van der Waals surface area contributed by atoms with E-state index in [0.29, 0.717) is 17.7 Å². The van der Waals surface area contributed by atoms with Gasteiger partial charge in [-0.05, 0) is 78.9 Å². The van der Waals surface area contributed by atoms with Gasteiger partial charge in [0.25, 0.3) is 0 Å². The summed E-state index contributed by atoms with van der Waals surface area (Å²) in [5.74, 6) is 1.52. The summed E-state index contributed by atoms with van der Waals surface area (Å²) >= 11 is 0. The zero-order valence-electron chi connectivity index (χ0n) is 17.8.